The Bertz CT molecular complexity index is 1880. The predicted octanol–water partition coefficient (Wildman–Crippen LogP) is 7.41. The number of allylic oxidation sites excluding steroid dienone is 2. The average Bonchev–Trinajstić information content (AvgIpc) is 4.00. The van der Waals surface area contributed by atoms with Crippen molar-refractivity contribution < 1.29 is 28.7 Å². The van der Waals surface area contributed by atoms with Crippen molar-refractivity contribution in [2.75, 3.05) is 20.8 Å². The van der Waals surface area contributed by atoms with Crippen molar-refractivity contribution in [1.29, 1.82) is 0 Å². The number of rotatable bonds is 10. The molecule has 1 aliphatic carbocycles. The number of hydrogen-bond donors (Lipinski definition) is 2. The van der Waals surface area contributed by atoms with Gasteiger partial charge in [-0.25, -0.2) is 20.0 Å². The third-order valence-corrected chi connectivity index (χ3v) is 11.3. The number of amides is 4. The van der Waals surface area contributed by atoms with Crippen LogP contribution in [0.25, 0.3) is 22.3 Å². The Morgan fingerprint density at radius 2 is 1.27 bits per heavy atom. The first-order valence-corrected chi connectivity index (χ1v) is 19.5. The average molecular weight is 751 g/mol. The van der Waals surface area contributed by atoms with Crippen molar-refractivity contribution in [3.8, 4) is 11.1 Å². The van der Waals surface area contributed by atoms with E-state index in [0.29, 0.717) is 19.4 Å². The van der Waals surface area contributed by atoms with Crippen LogP contribution >= 0.6 is 0 Å². The number of aliphatic imine (C=N–C) groups is 2. The number of benzene rings is 2. The van der Waals surface area contributed by atoms with Gasteiger partial charge in [0.2, 0.25) is 11.8 Å². The maximum Gasteiger partial charge on any atom is 0.425 e. The Morgan fingerprint density at radius 1 is 0.727 bits per heavy atom. The molecule has 55 heavy (non-hydrogen) atoms. The minimum atomic E-state index is -0.656. The second-order valence-electron chi connectivity index (χ2n) is 15.5. The van der Waals surface area contributed by atoms with E-state index >= 15 is 0 Å². The zero-order chi connectivity index (χ0) is 39.2. The predicted molar refractivity (Wildman–Crippen MR) is 214 cm³/mol. The molecule has 3 heterocycles. The largest absolute Gasteiger partial charge is 0.453 e. The van der Waals surface area contributed by atoms with Crippen molar-refractivity contribution in [2.24, 2.45) is 27.7 Å². The molecule has 4 amide bonds. The highest BCUT2D eigenvalue weighted by molar-refractivity contribution is 6.04. The molecule has 3 aliphatic heterocycles. The summed E-state index contributed by atoms with van der Waals surface area (Å²) in [6.07, 6.45) is 9.39. The third-order valence-electron chi connectivity index (χ3n) is 11.3. The van der Waals surface area contributed by atoms with Crippen molar-refractivity contribution >= 4 is 46.6 Å². The van der Waals surface area contributed by atoms with Crippen molar-refractivity contribution in [3.05, 3.63) is 72.1 Å². The van der Waals surface area contributed by atoms with Crippen LogP contribution < -0.4 is 10.7 Å². The molecule has 1 saturated heterocycles. The van der Waals surface area contributed by atoms with E-state index in [1.54, 1.807) is 0 Å². The summed E-state index contributed by atoms with van der Waals surface area (Å²) in [4.78, 5) is 62.7. The Kier molecular flexibility index (Phi) is 12.5. The Morgan fingerprint density at radius 3 is 1.84 bits per heavy atom. The van der Waals surface area contributed by atoms with Crippen LogP contribution in [0.3, 0.4) is 0 Å². The summed E-state index contributed by atoms with van der Waals surface area (Å²) in [5.41, 5.74) is 11.3. The number of hydrogen-bond acceptors (Lipinski definition) is 8. The third kappa shape index (κ3) is 8.84. The fourth-order valence-electron chi connectivity index (χ4n) is 8.27. The number of alkyl carbamates (subject to hydrolysis) is 1. The van der Waals surface area contributed by atoms with E-state index in [1.165, 1.54) is 19.2 Å². The molecule has 2 aromatic carbocycles. The van der Waals surface area contributed by atoms with Gasteiger partial charge in [-0.1, -0.05) is 75.2 Å². The highest BCUT2D eigenvalue weighted by Gasteiger charge is 2.40. The van der Waals surface area contributed by atoms with Gasteiger partial charge in [0.25, 0.3) is 0 Å². The van der Waals surface area contributed by atoms with Gasteiger partial charge >= 0.3 is 12.2 Å². The SMILES string of the molecule is COC(=O)N[C@H](C(=O)N1CCC[C@H]1C1=NC=C(c2ccc(-c3ccc(C4=CN=C([C@H]5CCCC[C@H]5C(=O)N(NC(=O)OC)C(C)C)C4)cc3)cc2)C1)C(C)C. The van der Waals surface area contributed by atoms with E-state index in [4.69, 9.17) is 19.5 Å². The first kappa shape index (κ1) is 39.4. The van der Waals surface area contributed by atoms with Crippen LogP contribution in [-0.4, -0.2) is 84.2 Å². The van der Waals surface area contributed by atoms with E-state index in [9.17, 15) is 19.2 Å². The van der Waals surface area contributed by atoms with Gasteiger partial charge in [0.05, 0.1) is 20.3 Å². The Balaban J connectivity index is 1.05. The van der Waals surface area contributed by atoms with E-state index in [1.807, 2.05) is 45.0 Å². The van der Waals surface area contributed by atoms with Crippen molar-refractivity contribution in [2.45, 2.75) is 97.2 Å². The Labute approximate surface area is 324 Å². The summed E-state index contributed by atoms with van der Waals surface area (Å²) < 4.78 is 9.53. The molecule has 1 saturated carbocycles. The van der Waals surface area contributed by atoms with Crippen LogP contribution in [0, 0.1) is 17.8 Å². The maximum atomic E-state index is 13.7. The molecule has 0 spiro atoms. The molecule has 2 fully saturated rings. The minimum absolute atomic E-state index is 0.0251. The first-order valence-electron chi connectivity index (χ1n) is 19.5. The molecule has 0 aromatic heterocycles. The standard InChI is InChI=1S/C43H54N6O6/c1-26(2)39(46-42(52)54-5)41(51)48-21-9-12-38(48)37-23-33(25-45-37)31-19-15-29(16-20-31)28-13-17-30(18-14-28)32-22-36(44-24-32)34-10-7-8-11-35(34)40(50)49(27(3)4)47-43(53)55-6/h13-20,24-27,34-35,38-39H,7-12,21-23H2,1-6H3,(H,46,52)(H,47,53)/t34-,35+,38-,39-/m0/s1. The lowest BCUT2D eigenvalue weighted by atomic mass is 9.74. The number of carbonyl (C=O) groups excluding carboxylic acids is 4. The highest BCUT2D eigenvalue weighted by atomic mass is 16.5. The van der Waals surface area contributed by atoms with Crippen LogP contribution in [0.1, 0.15) is 90.2 Å². The molecular formula is C43H54N6O6. The van der Waals surface area contributed by atoms with Gasteiger partial charge in [0.15, 0.2) is 0 Å². The lowest BCUT2D eigenvalue weighted by molar-refractivity contribution is -0.142. The topological polar surface area (TPSA) is 142 Å². The second kappa shape index (κ2) is 17.5. The van der Waals surface area contributed by atoms with Crippen LogP contribution in [0.4, 0.5) is 9.59 Å². The van der Waals surface area contributed by atoms with E-state index < -0.39 is 18.2 Å². The summed E-state index contributed by atoms with van der Waals surface area (Å²) in [6.45, 7) is 8.23. The zero-order valence-electron chi connectivity index (χ0n) is 32.8. The maximum absolute atomic E-state index is 13.7. The van der Waals surface area contributed by atoms with Gasteiger partial charge in [-0.05, 0) is 78.8 Å². The molecule has 6 rings (SSSR count). The van der Waals surface area contributed by atoms with Gasteiger partial charge in [0, 0.05) is 61.1 Å². The monoisotopic (exact) mass is 750 g/mol. The molecule has 0 radical (unpaired) electrons. The van der Waals surface area contributed by atoms with Gasteiger partial charge in [-0.2, -0.15) is 0 Å². The number of nitrogens with one attached hydrogen (secondary N) is 2. The quantitative estimate of drug-likeness (QED) is 0.242. The molecular weight excluding hydrogens is 697 g/mol. The summed E-state index contributed by atoms with van der Waals surface area (Å²) in [7, 11) is 2.59. The minimum Gasteiger partial charge on any atom is -0.453 e. The molecule has 2 aromatic rings. The first-order chi connectivity index (χ1) is 26.5. The molecule has 12 nitrogen and oxygen atoms in total. The van der Waals surface area contributed by atoms with Gasteiger partial charge < -0.3 is 19.7 Å². The van der Waals surface area contributed by atoms with E-state index in [0.717, 1.165) is 83.3 Å². The second-order valence-corrected chi connectivity index (χ2v) is 15.5. The highest BCUT2D eigenvalue weighted by Crippen LogP contribution is 2.38. The lowest BCUT2D eigenvalue weighted by Crippen LogP contribution is -2.54. The lowest BCUT2D eigenvalue weighted by Gasteiger charge is -2.36. The van der Waals surface area contributed by atoms with E-state index in [-0.39, 0.29) is 41.7 Å². The molecule has 4 aliphatic rings. The van der Waals surface area contributed by atoms with Crippen LogP contribution in [0.5, 0.6) is 0 Å². The number of methoxy groups -OCH3 is 2. The zero-order valence-corrected chi connectivity index (χ0v) is 32.8. The molecule has 4 atom stereocenters. The van der Waals surface area contributed by atoms with Gasteiger partial charge in [-0.3, -0.25) is 19.6 Å². The Hall–Kier alpha value is -5.26. The summed E-state index contributed by atoms with van der Waals surface area (Å²) >= 11 is 0. The smallest absolute Gasteiger partial charge is 0.425 e. The molecule has 2 N–H and O–H groups in total. The van der Waals surface area contributed by atoms with E-state index in [2.05, 4.69) is 59.3 Å². The van der Waals surface area contributed by atoms with Gasteiger partial charge in [-0.15, -0.1) is 0 Å². The van der Waals surface area contributed by atoms with Crippen LogP contribution in [0.15, 0.2) is 70.9 Å². The summed E-state index contributed by atoms with van der Waals surface area (Å²) in [5.74, 6) is -0.488. The number of likely N-dealkylation sites (tertiary alicyclic amines) is 1. The molecule has 12 heteroatoms. The normalized spacial score (nSPS) is 21.4. The fourth-order valence-corrected chi connectivity index (χ4v) is 8.27. The molecule has 292 valence electrons. The fraction of sp³-hybridized carbons (Fsp3) is 0.488. The summed E-state index contributed by atoms with van der Waals surface area (Å²) in [6, 6.07) is 16.1. The van der Waals surface area contributed by atoms with Crippen molar-refractivity contribution in [3.63, 3.8) is 0 Å². The molecule has 0 bridgehead atoms. The summed E-state index contributed by atoms with van der Waals surface area (Å²) in [5, 5.41) is 4.13. The van der Waals surface area contributed by atoms with Crippen molar-refractivity contribution in [1.82, 2.24) is 20.7 Å². The van der Waals surface area contributed by atoms with Gasteiger partial charge in [0.1, 0.15) is 6.04 Å². The number of hydrazine groups is 1. The number of ether oxygens (including phenoxy) is 2. The van der Waals surface area contributed by atoms with Crippen LogP contribution in [0.2, 0.25) is 0 Å². The number of carbonyl (C=O) groups is 4. The molecule has 0 unspecified atom stereocenters. The van der Waals surface area contributed by atoms with Crippen LogP contribution in [-0.2, 0) is 19.1 Å². The number of nitrogens with zero attached hydrogens (tertiary/aromatic N) is 4.